The van der Waals surface area contributed by atoms with E-state index in [2.05, 4.69) is 0 Å². The average Bonchev–Trinajstić information content (AvgIpc) is 2.36. The van der Waals surface area contributed by atoms with Gasteiger partial charge in [-0.1, -0.05) is 0 Å². The minimum absolute atomic E-state index is 0.230. The number of methoxy groups -OCH3 is 1. The van der Waals surface area contributed by atoms with E-state index in [1.54, 1.807) is 6.07 Å². The fraction of sp³-hybridized carbons (Fsp3) is 0.333. The van der Waals surface area contributed by atoms with Gasteiger partial charge in [0.2, 0.25) is 0 Å². The van der Waals surface area contributed by atoms with Gasteiger partial charge < -0.3 is 9.47 Å². The van der Waals surface area contributed by atoms with Gasteiger partial charge in [0.1, 0.15) is 11.5 Å². The van der Waals surface area contributed by atoms with Crippen LogP contribution in [0.2, 0.25) is 0 Å². The number of carbonyl (C=O) groups excluding carboxylic acids is 2. The second kappa shape index (κ2) is 6.91. The number of carbonyl (C=O) groups is 2. The second-order valence-electron chi connectivity index (χ2n) is 3.29. The van der Waals surface area contributed by atoms with Crippen molar-refractivity contribution in [2.45, 2.75) is 12.8 Å². The maximum absolute atomic E-state index is 11.4. The van der Waals surface area contributed by atoms with E-state index in [1.807, 2.05) is 0 Å². The summed E-state index contributed by atoms with van der Waals surface area (Å²) in [7, 11) is 1.50. The molecule has 0 aliphatic carbocycles. The highest BCUT2D eigenvalue weighted by molar-refractivity contribution is 6.17. The van der Waals surface area contributed by atoms with Crippen LogP contribution in [0.5, 0.6) is 11.5 Å². The third-order valence-corrected chi connectivity index (χ3v) is 2.35. The van der Waals surface area contributed by atoms with Gasteiger partial charge in [-0.2, -0.15) is 0 Å². The van der Waals surface area contributed by atoms with Crippen LogP contribution in [0.1, 0.15) is 23.2 Å². The number of esters is 1. The highest BCUT2D eigenvalue weighted by atomic mass is 35.5. The highest BCUT2D eigenvalue weighted by Crippen LogP contribution is 2.23. The number of ether oxygens (including phenoxy) is 2. The van der Waals surface area contributed by atoms with E-state index in [0.717, 1.165) is 0 Å². The van der Waals surface area contributed by atoms with E-state index < -0.39 is 5.97 Å². The molecule has 0 saturated heterocycles. The summed E-state index contributed by atoms with van der Waals surface area (Å²) >= 11 is 5.47. The van der Waals surface area contributed by atoms with Crippen LogP contribution in [0.4, 0.5) is 0 Å². The molecule has 0 fully saturated rings. The molecule has 1 rings (SSSR count). The van der Waals surface area contributed by atoms with Crippen molar-refractivity contribution < 1.29 is 19.1 Å². The number of hydrogen-bond acceptors (Lipinski definition) is 4. The molecule has 1 aromatic carbocycles. The quantitative estimate of drug-likeness (QED) is 0.339. The molecule has 0 aliphatic heterocycles. The van der Waals surface area contributed by atoms with Crippen LogP contribution in [0.15, 0.2) is 18.2 Å². The molecule has 17 heavy (non-hydrogen) atoms. The van der Waals surface area contributed by atoms with E-state index in [-0.39, 0.29) is 17.7 Å². The van der Waals surface area contributed by atoms with Crippen LogP contribution in [-0.2, 0) is 4.79 Å². The largest absolute Gasteiger partial charge is 0.497 e. The van der Waals surface area contributed by atoms with Gasteiger partial charge in [-0.3, -0.25) is 9.59 Å². The van der Waals surface area contributed by atoms with Crippen molar-refractivity contribution in [1.82, 2.24) is 0 Å². The minimum Gasteiger partial charge on any atom is -0.497 e. The van der Waals surface area contributed by atoms with Crippen molar-refractivity contribution in [1.29, 1.82) is 0 Å². The van der Waals surface area contributed by atoms with Gasteiger partial charge in [-0.25, -0.2) is 0 Å². The van der Waals surface area contributed by atoms with Gasteiger partial charge in [0.05, 0.1) is 12.7 Å². The first-order valence-corrected chi connectivity index (χ1v) is 5.64. The Morgan fingerprint density at radius 1 is 1.47 bits per heavy atom. The van der Waals surface area contributed by atoms with Crippen molar-refractivity contribution in [2.24, 2.45) is 0 Å². The zero-order chi connectivity index (χ0) is 12.7. The Bertz CT molecular complexity index is 403. The lowest BCUT2D eigenvalue weighted by atomic mass is 10.2. The third kappa shape index (κ3) is 4.07. The monoisotopic (exact) mass is 256 g/mol. The first kappa shape index (κ1) is 13.5. The number of rotatable bonds is 6. The maximum Gasteiger partial charge on any atom is 0.311 e. The first-order valence-electron chi connectivity index (χ1n) is 5.11. The van der Waals surface area contributed by atoms with Crippen LogP contribution in [0, 0.1) is 0 Å². The first-order chi connectivity index (χ1) is 8.21. The summed E-state index contributed by atoms with van der Waals surface area (Å²) < 4.78 is 10.0. The highest BCUT2D eigenvalue weighted by Gasteiger charge is 2.09. The molecular weight excluding hydrogens is 244 g/mol. The lowest BCUT2D eigenvalue weighted by molar-refractivity contribution is -0.134. The van der Waals surface area contributed by atoms with Gasteiger partial charge in [-0.15, -0.1) is 11.6 Å². The SMILES string of the molecule is COc1ccc(OC(=O)CCCCl)c(C=O)c1. The van der Waals surface area contributed by atoms with Crippen LogP contribution in [0.25, 0.3) is 0 Å². The van der Waals surface area contributed by atoms with Crippen molar-refractivity contribution in [3.63, 3.8) is 0 Å². The molecule has 0 aromatic heterocycles. The zero-order valence-electron chi connectivity index (χ0n) is 9.44. The summed E-state index contributed by atoms with van der Waals surface area (Å²) in [4.78, 5) is 22.2. The van der Waals surface area contributed by atoms with E-state index in [1.165, 1.54) is 19.2 Å². The molecule has 4 nitrogen and oxygen atoms in total. The number of aldehydes is 1. The maximum atomic E-state index is 11.4. The van der Waals surface area contributed by atoms with Crippen LogP contribution in [-0.4, -0.2) is 25.2 Å². The van der Waals surface area contributed by atoms with Crippen molar-refractivity contribution in [3.05, 3.63) is 23.8 Å². The minimum atomic E-state index is -0.404. The molecule has 0 heterocycles. The summed E-state index contributed by atoms with van der Waals surface area (Å²) in [5.41, 5.74) is 0.281. The van der Waals surface area contributed by atoms with E-state index >= 15 is 0 Å². The average molecular weight is 257 g/mol. The molecule has 0 amide bonds. The Morgan fingerprint density at radius 2 is 2.24 bits per heavy atom. The smallest absolute Gasteiger partial charge is 0.311 e. The predicted octanol–water partition coefficient (Wildman–Crippen LogP) is 2.43. The number of alkyl halides is 1. The molecule has 0 atom stereocenters. The lowest BCUT2D eigenvalue weighted by Crippen LogP contribution is -2.09. The topological polar surface area (TPSA) is 52.6 Å². The molecule has 0 saturated carbocycles. The Kier molecular flexibility index (Phi) is 5.49. The third-order valence-electron chi connectivity index (χ3n) is 2.08. The molecule has 1 aromatic rings. The fourth-order valence-electron chi connectivity index (χ4n) is 1.22. The summed E-state index contributed by atoms with van der Waals surface area (Å²) in [6.45, 7) is 0. The summed E-state index contributed by atoms with van der Waals surface area (Å²) in [5, 5.41) is 0. The molecule has 0 bridgehead atoms. The predicted molar refractivity (Wildman–Crippen MR) is 64.0 cm³/mol. The number of benzene rings is 1. The van der Waals surface area contributed by atoms with Gasteiger partial charge >= 0.3 is 5.97 Å². The van der Waals surface area contributed by atoms with E-state index in [0.29, 0.717) is 24.3 Å². The summed E-state index contributed by atoms with van der Waals surface area (Å²) in [6.07, 6.45) is 1.40. The second-order valence-corrected chi connectivity index (χ2v) is 3.67. The standard InChI is InChI=1S/C12H13ClO4/c1-16-10-4-5-11(9(7-10)8-14)17-12(15)3-2-6-13/h4-5,7-8H,2-3,6H2,1H3. The van der Waals surface area contributed by atoms with Gasteiger partial charge in [0, 0.05) is 12.3 Å². The summed E-state index contributed by atoms with van der Waals surface area (Å²) in [5.74, 6) is 0.769. The van der Waals surface area contributed by atoms with Gasteiger partial charge in [0.25, 0.3) is 0 Å². The van der Waals surface area contributed by atoms with Crippen LogP contribution < -0.4 is 9.47 Å². The van der Waals surface area contributed by atoms with E-state index in [9.17, 15) is 9.59 Å². The molecule has 0 N–H and O–H groups in total. The van der Waals surface area contributed by atoms with Crippen LogP contribution >= 0.6 is 11.6 Å². The number of halogens is 1. The molecule has 0 unspecified atom stereocenters. The van der Waals surface area contributed by atoms with Crippen molar-refractivity contribution in [2.75, 3.05) is 13.0 Å². The Morgan fingerprint density at radius 3 is 2.82 bits per heavy atom. The Balaban J connectivity index is 2.76. The van der Waals surface area contributed by atoms with Gasteiger partial charge in [0.15, 0.2) is 6.29 Å². The van der Waals surface area contributed by atoms with Gasteiger partial charge in [-0.05, 0) is 24.6 Å². The Hall–Kier alpha value is -1.55. The molecule has 5 heteroatoms. The number of hydrogen-bond donors (Lipinski definition) is 0. The van der Waals surface area contributed by atoms with Crippen molar-refractivity contribution in [3.8, 4) is 11.5 Å². The Labute approximate surface area is 104 Å². The fourth-order valence-corrected chi connectivity index (χ4v) is 1.36. The lowest BCUT2D eigenvalue weighted by Gasteiger charge is -2.07. The molecule has 0 spiro atoms. The van der Waals surface area contributed by atoms with Crippen LogP contribution in [0.3, 0.4) is 0 Å². The van der Waals surface area contributed by atoms with E-state index in [4.69, 9.17) is 21.1 Å². The molecular formula is C12H13ClO4. The molecule has 0 aliphatic rings. The van der Waals surface area contributed by atoms with Crippen molar-refractivity contribution >= 4 is 23.9 Å². The molecule has 92 valence electrons. The normalized spacial score (nSPS) is 9.76. The summed E-state index contributed by atoms with van der Waals surface area (Å²) in [6, 6.07) is 4.66. The zero-order valence-corrected chi connectivity index (χ0v) is 10.2. The molecule has 0 radical (unpaired) electrons.